The summed E-state index contributed by atoms with van der Waals surface area (Å²) in [5.74, 6) is 0. The maximum atomic E-state index is 6.88. The van der Waals surface area contributed by atoms with E-state index in [2.05, 4.69) is 242 Å². The number of rotatable bonds is 28. The van der Waals surface area contributed by atoms with Gasteiger partial charge in [-0.1, -0.05) is 14.9 Å². The molecule has 2 atom stereocenters. The minimum Gasteiger partial charge on any atom is -0.419 e. The van der Waals surface area contributed by atoms with Gasteiger partial charge in [0.1, 0.15) is 0 Å². The molecular formula is C45H138O18Si20. The molecular weight excluding hydrogens is 1390 g/mol. The second-order valence-corrected chi connectivity index (χ2v) is 112. The minimum atomic E-state index is -3.28. The molecule has 1 rings (SSSR count). The fourth-order valence-electron chi connectivity index (χ4n) is 8.63. The van der Waals surface area contributed by atoms with Crippen LogP contribution in [0.25, 0.3) is 0 Å². The maximum Gasteiger partial charge on any atom is 0.472 e. The largest absolute Gasteiger partial charge is 0.472 e. The molecule has 506 valence electrons. The van der Waals surface area contributed by atoms with Crippen LogP contribution < -0.4 is 0 Å². The van der Waals surface area contributed by atoms with Gasteiger partial charge in [-0.3, -0.25) is 0 Å². The summed E-state index contributed by atoms with van der Waals surface area (Å²) in [7, 11) is -46.9. The van der Waals surface area contributed by atoms with Crippen LogP contribution >= 0.6 is 0 Å². The van der Waals surface area contributed by atoms with E-state index >= 15 is 0 Å². The van der Waals surface area contributed by atoms with Gasteiger partial charge >= 0.3 is 71.2 Å². The van der Waals surface area contributed by atoms with Crippen LogP contribution in [0, 0.1) is 0 Å². The third-order valence-corrected chi connectivity index (χ3v) is 71.6. The van der Waals surface area contributed by atoms with Crippen LogP contribution in [0.4, 0.5) is 0 Å². The van der Waals surface area contributed by atoms with E-state index in [-0.39, 0.29) is 14.9 Å². The highest BCUT2D eigenvalue weighted by Crippen LogP contribution is 2.36. The Bertz CT molecular complexity index is 1760. The fraction of sp³-hybridized carbons (Fsp3) is 1.00. The van der Waals surface area contributed by atoms with Gasteiger partial charge in [0.05, 0.1) is 0 Å². The van der Waals surface area contributed by atoms with Gasteiger partial charge in [-0.05, 0) is 236 Å². The van der Waals surface area contributed by atoms with Crippen molar-refractivity contribution >= 4 is 171 Å². The molecule has 0 aliphatic carbocycles. The third kappa shape index (κ3) is 50.7. The molecule has 1 aliphatic rings. The molecule has 1 saturated heterocycles. The van der Waals surface area contributed by atoms with Crippen molar-refractivity contribution in [1.29, 1.82) is 0 Å². The van der Waals surface area contributed by atoms with Crippen molar-refractivity contribution in [1.82, 2.24) is 0 Å². The van der Waals surface area contributed by atoms with Gasteiger partial charge in [0.25, 0.3) is 0 Å². The first-order chi connectivity index (χ1) is 34.4. The molecule has 0 saturated carbocycles. The summed E-state index contributed by atoms with van der Waals surface area (Å²) in [5.41, 5.74) is 0. The average molecular weight is 1530 g/mol. The van der Waals surface area contributed by atoms with Gasteiger partial charge in [-0.2, -0.15) is 0 Å². The predicted octanol–water partition coefficient (Wildman–Crippen LogP) is 17.3. The van der Waals surface area contributed by atoms with E-state index in [4.69, 9.17) is 74.1 Å². The van der Waals surface area contributed by atoms with E-state index in [9.17, 15) is 0 Å². The first kappa shape index (κ1) is 93.0. The maximum absolute atomic E-state index is 6.88. The molecule has 0 radical (unpaired) electrons. The first-order valence-electron chi connectivity index (χ1n) is 28.9. The molecule has 38 heteroatoms. The Hall–Kier alpha value is 3.62. The molecule has 2 unspecified atom stereocenters. The van der Waals surface area contributed by atoms with Crippen LogP contribution in [-0.2, 0) is 74.1 Å². The van der Waals surface area contributed by atoms with Gasteiger partial charge < -0.3 is 74.1 Å². The van der Waals surface area contributed by atoms with Crippen molar-refractivity contribution in [3.05, 3.63) is 0 Å². The van der Waals surface area contributed by atoms with Crippen molar-refractivity contribution in [3.8, 4) is 0 Å². The summed E-state index contributed by atoms with van der Waals surface area (Å²) in [6, 6.07) is 0. The third-order valence-electron chi connectivity index (χ3n) is 7.96. The SMILES string of the molecule is C.C.C[Si](C)(C)O[SiH]1O[Si](C)(O[Si](C)(C)C)O[Si](C)(O[Si](C)(C)C)O[Si](C)(O[Si](C)(C)C)O1.C[Si](C)(C)O[Si](C)(O[Si](C)(C)C)O[Si](C)(C)C.C[Si](C)(C)O[Si](C)(O[Si](C)(C)C)O[Si](C)(O[Si](C)(C)C)O[Si](C)(O[Si](C)(C)C)O[Si](C)(C)C. The molecule has 1 aliphatic heterocycles. The Morgan fingerprint density at radius 2 is 0.373 bits per heavy atom. The predicted molar refractivity (Wildman–Crippen MR) is 402 cm³/mol. The van der Waals surface area contributed by atoms with Gasteiger partial charge in [0, 0.05) is 45.8 Å². The van der Waals surface area contributed by atoms with Crippen LogP contribution in [0.1, 0.15) is 14.9 Å². The van der Waals surface area contributed by atoms with Gasteiger partial charge in [-0.25, -0.2) is 0 Å². The molecule has 0 aromatic carbocycles. The van der Waals surface area contributed by atoms with Crippen LogP contribution in [0.2, 0.25) is 282 Å². The van der Waals surface area contributed by atoms with E-state index in [1.54, 1.807) is 0 Å². The Morgan fingerprint density at radius 1 is 0.217 bits per heavy atom. The Labute approximate surface area is 537 Å². The highest BCUT2D eigenvalue weighted by Gasteiger charge is 2.62. The quantitative estimate of drug-likeness (QED) is 0.0678. The van der Waals surface area contributed by atoms with E-state index in [1.165, 1.54) is 0 Å². The monoisotopic (exact) mass is 1530 g/mol. The normalized spacial score (nSPS) is 22.2. The molecule has 0 bridgehead atoms. The average Bonchev–Trinajstić information content (AvgIpc) is 2.90. The van der Waals surface area contributed by atoms with Crippen molar-refractivity contribution in [3.63, 3.8) is 0 Å². The van der Waals surface area contributed by atoms with Gasteiger partial charge in [-0.15, -0.1) is 0 Å². The summed E-state index contributed by atoms with van der Waals surface area (Å²) < 4.78 is 118. The van der Waals surface area contributed by atoms with Crippen molar-refractivity contribution < 1.29 is 74.1 Å². The lowest BCUT2D eigenvalue weighted by Gasteiger charge is -2.48. The van der Waals surface area contributed by atoms with Crippen molar-refractivity contribution in [2.24, 2.45) is 0 Å². The van der Waals surface area contributed by atoms with E-state index < -0.39 is 171 Å². The van der Waals surface area contributed by atoms with Gasteiger partial charge in [0.15, 0.2) is 99.8 Å². The zero-order valence-corrected chi connectivity index (χ0v) is 80.6. The van der Waals surface area contributed by atoms with Crippen LogP contribution in [0.15, 0.2) is 0 Å². The molecule has 18 nitrogen and oxygen atoms in total. The molecule has 0 aromatic rings. The molecule has 83 heavy (non-hydrogen) atoms. The zero-order valence-electron chi connectivity index (χ0n) is 60.4. The summed E-state index contributed by atoms with van der Waals surface area (Å²) in [4.78, 5) is 0. The Balaban J connectivity index is -0.000000584. The van der Waals surface area contributed by atoms with Crippen molar-refractivity contribution in [2.75, 3.05) is 0 Å². The fourth-order valence-corrected chi connectivity index (χ4v) is 87.0. The lowest BCUT2D eigenvalue weighted by Crippen LogP contribution is -2.71. The molecule has 1 heterocycles. The smallest absolute Gasteiger partial charge is 0.419 e. The van der Waals surface area contributed by atoms with Crippen LogP contribution in [0.3, 0.4) is 0 Å². The minimum absolute atomic E-state index is 0. The molecule has 0 N–H and O–H groups in total. The molecule has 1 fully saturated rings. The number of hydrogen-bond acceptors (Lipinski definition) is 18. The van der Waals surface area contributed by atoms with E-state index in [0.29, 0.717) is 0 Å². The highest BCUT2D eigenvalue weighted by atomic mass is 28.6. The summed E-state index contributed by atoms with van der Waals surface area (Å²) in [5, 5.41) is 0. The number of hydrogen-bond donors (Lipinski definition) is 0. The standard InChI is InChI=1S/C18H54O7Si8.C15H46O8Si8.C10H30O3Si4.2CH4/c1-26(2,3)19-31(16,20-27(4,5)6)24-33(18,23-30(13,14)15)25-32(17,21-28(7,8)9)22-29(10,11)12;1-25(2,3)16-24-17-29(13,19-26(4,5)6)22-31(15,21-28(10,11)12)23-30(14,18-24)20-27(7,8)9;1-14(2,3)11-17(10,12-15(4,5)6)13-16(7,8)9;;/h1-18H3;24H,1-15H3;1-10H3;2*1H4. The summed E-state index contributed by atoms with van der Waals surface area (Å²) in [6.45, 7) is 91.5. The molecule has 0 spiro atoms. The summed E-state index contributed by atoms with van der Waals surface area (Å²) >= 11 is 0. The first-order valence-corrected chi connectivity index (χ1v) is 86.8. The highest BCUT2D eigenvalue weighted by molar-refractivity contribution is 6.96. The topological polar surface area (TPSA) is 166 Å². The second-order valence-electron chi connectivity index (χ2n) is 33.6. The lowest BCUT2D eigenvalue weighted by molar-refractivity contribution is 0.102. The van der Waals surface area contributed by atoms with Crippen molar-refractivity contribution in [2.45, 2.75) is 296 Å². The zero-order chi connectivity index (χ0) is 65.8. The molecule has 0 amide bonds. The van der Waals surface area contributed by atoms with E-state index in [0.717, 1.165) is 0 Å². The second kappa shape index (κ2) is 31.9. The Morgan fingerprint density at radius 3 is 0.530 bits per heavy atom. The lowest BCUT2D eigenvalue weighted by atomic mass is 11.8. The molecule has 0 aromatic heterocycles. The van der Waals surface area contributed by atoms with Crippen LogP contribution in [0.5, 0.6) is 0 Å². The van der Waals surface area contributed by atoms with Gasteiger partial charge in [0.2, 0.25) is 0 Å². The Kier molecular flexibility index (Phi) is 35.8. The van der Waals surface area contributed by atoms with Crippen LogP contribution in [-0.4, -0.2) is 171 Å². The summed E-state index contributed by atoms with van der Waals surface area (Å²) in [6.07, 6.45) is 0. The van der Waals surface area contributed by atoms with E-state index in [1.807, 2.05) is 39.3 Å².